The molecule has 1 aliphatic heterocycles. The summed E-state index contributed by atoms with van der Waals surface area (Å²) in [7, 11) is -3.51. The number of rotatable bonds is 7. The first-order valence-corrected chi connectivity index (χ1v) is 15.0. The van der Waals surface area contributed by atoms with Crippen LogP contribution in [0.25, 0.3) is 0 Å². The van der Waals surface area contributed by atoms with E-state index in [4.69, 9.17) is 4.74 Å². The van der Waals surface area contributed by atoms with E-state index in [0.717, 1.165) is 24.8 Å². The molecular formula is C29H39N3O4S. The minimum atomic E-state index is -3.51. The SMILES string of the molecule is Cc1ccccc1N1CCN(S(=O)(=O)CC23CCC(CC2NC(=O)OCc2ccccc2)C3(C)C)CC1. The topological polar surface area (TPSA) is 79.0 Å². The highest BCUT2D eigenvalue weighted by Crippen LogP contribution is 2.66. The maximum atomic E-state index is 13.8. The van der Waals surface area contributed by atoms with E-state index in [1.54, 1.807) is 4.31 Å². The number of fused-ring (bicyclic) bond motifs is 2. The van der Waals surface area contributed by atoms with Crippen LogP contribution < -0.4 is 10.2 Å². The molecule has 1 N–H and O–H groups in total. The maximum absolute atomic E-state index is 13.8. The number of nitrogens with one attached hydrogen (secondary N) is 1. The number of piperazine rings is 1. The molecule has 3 atom stereocenters. The molecule has 0 radical (unpaired) electrons. The van der Waals surface area contributed by atoms with Gasteiger partial charge in [0.15, 0.2) is 0 Å². The van der Waals surface area contributed by atoms with Crippen molar-refractivity contribution in [2.45, 2.75) is 52.7 Å². The Bertz CT molecular complexity index is 1220. The molecular weight excluding hydrogens is 486 g/mol. The third-order valence-corrected chi connectivity index (χ3v) is 11.5. The Labute approximate surface area is 221 Å². The molecule has 2 saturated carbocycles. The van der Waals surface area contributed by atoms with Crippen LogP contribution in [0.4, 0.5) is 10.5 Å². The van der Waals surface area contributed by atoms with Crippen molar-refractivity contribution in [3.63, 3.8) is 0 Å². The molecule has 7 nitrogen and oxygen atoms in total. The number of para-hydroxylation sites is 1. The van der Waals surface area contributed by atoms with Gasteiger partial charge in [-0.05, 0) is 54.7 Å². The third-order valence-electron chi connectivity index (χ3n) is 9.46. The highest BCUT2D eigenvalue weighted by molar-refractivity contribution is 7.89. The summed E-state index contributed by atoms with van der Waals surface area (Å²) >= 11 is 0. The zero-order chi connectivity index (χ0) is 26.3. The Morgan fingerprint density at radius 1 is 1.03 bits per heavy atom. The zero-order valence-electron chi connectivity index (χ0n) is 22.2. The molecule has 1 saturated heterocycles. The van der Waals surface area contributed by atoms with Crippen LogP contribution in [0.1, 0.15) is 44.2 Å². The molecule has 0 aromatic heterocycles. The average Bonchev–Trinajstić information content (AvgIpc) is 3.23. The van der Waals surface area contributed by atoms with Gasteiger partial charge in [-0.2, -0.15) is 4.31 Å². The summed E-state index contributed by atoms with van der Waals surface area (Å²) < 4.78 is 34.8. The van der Waals surface area contributed by atoms with E-state index in [9.17, 15) is 13.2 Å². The van der Waals surface area contributed by atoms with Gasteiger partial charge in [0, 0.05) is 43.3 Å². The highest BCUT2D eigenvalue weighted by atomic mass is 32.2. The number of anilines is 1. The van der Waals surface area contributed by atoms with Gasteiger partial charge in [-0.3, -0.25) is 0 Å². The Morgan fingerprint density at radius 2 is 1.70 bits per heavy atom. The second-order valence-corrected chi connectivity index (χ2v) is 13.5. The summed E-state index contributed by atoms with van der Waals surface area (Å²) in [5, 5.41) is 3.08. The fourth-order valence-corrected chi connectivity index (χ4v) is 9.34. The first-order valence-electron chi connectivity index (χ1n) is 13.4. The largest absolute Gasteiger partial charge is 0.445 e. The van der Waals surface area contributed by atoms with Crippen molar-refractivity contribution < 1.29 is 17.9 Å². The van der Waals surface area contributed by atoms with Crippen molar-refractivity contribution in [1.82, 2.24) is 9.62 Å². The molecule has 8 heteroatoms. The number of carbonyl (C=O) groups excluding carboxylic acids is 1. The fourth-order valence-electron chi connectivity index (χ4n) is 7.07. The number of aryl methyl sites for hydroxylation is 1. The lowest BCUT2D eigenvalue weighted by atomic mass is 9.69. The van der Waals surface area contributed by atoms with Crippen LogP contribution in [-0.2, 0) is 21.4 Å². The summed E-state index contributed by atoms with van der Waals surface area (Å²) in [6.07, 6.45) is 2.13. The Hall–Kier alpha value is -2.58. The number of ether oxygens (including phenoxy) is 1. The minimum Gasteiger partial charge on any atom is -0.445 e. The molecule has 1 amide bonds. The van der Waals surface area contributed by atoms with Gasteiger partial charge in [0.1, 0.15) is 6.61 Å². The van der Waals surface area contributed by atoms with Crippen LogP contribution in [-0.4, -0.2) is 56.8 Å². The molecule has 2 aromatic carbocycles. The number of nitrogens with zero attached hydrogens (tertiary/aromatic N) is 2. The van der Waals surface area contributed by atoms with Crippen molar-refractivity contribution in [2.75, 3.05) is 36.8 Å². The predicted octanol–water partition coefficient (Wildman–Crippen LogP) is 4.57. The average molecular weight is 526 g/mol. The Balaban J connectivity index is 1.26. The summed E-state index contributed by atoms with van der Waals surface area (Å²) in [6.45, 7) is 8.98. The summed E-state index contributed by atoms with van der Waals surface area (Å²) in [6, 6.07) is 17.6. The van der Waals surface area contributed by atoms with Crippen LogP contribution in [0, 0.1) is 23.7 Å². The van der Waals surface area contributed by atoms with Crippen LogP contribution >= 0.6 is 0 Å². The normalized spacial score (nSPS) is 27.3. The van der Waals surface area contributed by atoms with Gasteiger partial charge in [-0.15, -0.1) is 0 Å². The van der Waals surface area contributed by atoms with Crippen molar-refractivity contribution in [2.24, 2.45) is 16.7 Å². The van der Waals surface area contributed by atoms with Gasteiger partial charge in [0.25, 0.3) is 0 Å². The molecule has 2 aromatic rings. The summed E-state index contributed by atoms with van der Waals surface area (Å²) in [5.74, 6) is 0.456. The molecule has 200 valence electrons. The van der Waals surface area contributed by atoms with Crippen molar-refractivity contribution in [3.05, 3.63) is 65.7 Å². The number of alkyl carbamates (subject to hydrolysis) is 1. The van der Waals surface area contributed by atoms with E-state index in [2.05, 4.69) is 43.1 Å². The number of hydrogen-bond acceptors (Lipinski definition) is 5. The van der Waals surface area contributed by atoms with Crippen LogP contribution in [0.2, 0.25) is 0 Å². The predicted molar refractivity (Wildman–Crippen MR) is 146 cm³/mol. The second-order valence-electron chi connectivity index (χ2n) is 11.5. The van der Waals surface area contributed by atoms with Gasteiger partial charge in [-0.25, -0.2) is 13.2 Å². The van der Waals surface area contributed by atoms with Gasteiger partial charge < -0.3 is 15.0 Å². The monoisotopic (exact) mass is 525 g/mol. The van der Waals surface area contributed by atoms with Crippen molar-refractivity contribution in [1.29, 1.82) is 0 Å². The fraction of sp³-hybridized carbons (Fsp3) is 0.552. The van der Waals surface area contributed by atoms with Gasteiger partial charge in [0.2, 0.25) is 10.0 Å². The Morgan fingerprint density at radius 3 is 2.38 bits per heavy atom. The summed E-state index contributed by atoms with van der Waals surface area (Å²) in [4.78, 5) is 15.0. The van der Waals surface area contributed by atoms with E-state index in [-0.39, 0.29) is 23.8 Å². The van der Waals surface area contributed by atoms with Crippen molar-refractivity contribution in [3.8, 4) is 0 Å². The van der Waals surface area contributed by atoms with E-state index >= 15 is 0 Å². The van der Waals surface area contributed by atoms with Gasteiger partial charge in [-0.1, -0.05) is 62.4 Å². The lowest BCUT2D eigenvalue weighted by Gasteiger charge is -2.44. The molecule has 2 aliphatic carbocycles. The van der Waals surface area contributed by atoms with Crippen LogP contribution in [0.15, 0.2) is 54.6 Å². The lowest BCUT2D eigenvalue weighted by molar-refractivity contribution is 0.100. The highest BCUT2D eigenvalue weighted by Gasteiger charge is 2.66. The lowest BCUT2D eigenvalue weighted by Crippen LogP contribution is -2.56. The van der Waals surface area contributed by atoms with Crippen LogP contribution in [0.5, 0.6) is 0 Å². The Kier molecular flexibility index (Phi) is 7.00. The smallest absolute Gasteiger partial charge is 0.407 e. The third kappa shape index (κ3) is 4.86. The number of sulfonamides is 1. The molecule has 3 unspecified atom stereocenters. The second kappa shape index (κ2) is 9.95. The van der Waals surface area contributed by atoms with E-state index < -0.39 is 21.5 Å². The number of carbonyl (C=O) groups is 1. The molecule has 37 heavy (non-hydrogen) atoms. The van der Waals surface area contributed by atoms with Gasteiger partial charge >= 0.3 is 6.09 Å². The number of benzene rings is 2. The molecule has 1 heterocycles. The van der Waals surface area contributed by atoms with E-state index in [1.807, 2.05) is 42.5 Å². The first-order chi connectivity index (χ1) is 17.6. The molecule has 3 fully saturated rings. The van der Waals surface area contributed by atoms with Crippen molar-refractivity contribution >= 4 is 21.8 Å². The summed E-state index contributed by atoms with van der Waals surface area (Å²) in [5.41, 5.74) is 2.62. The minimum absolute atomic E-state index is 0.0670. The zero-order valence-corrected chi connectivity index (χ0v) is 23.0. The molecule has 5 rings (SSSR count). The van der Waals surface area contributed by atoms with Gasteiger partial charge in [0.05, 0.1) is 5.75 Å². The first kappa shape index (κ1) is 26.0. The van der Waals surface area contributed by atoms with Crippen LogP contribution in [0.3, 0.4) is 0 Å². The number of hydrogen-bond donors (Lipinski definition) is 1. The van der Waals surface area contributed by atoms with E-state index in [1.165, 1.54) is 11.3 Å². The molecule has 3 aliphatic rings. The molecule has 0 spiro atoms. The number of amides is 1. The maximum Gasteiger partial charge on any atom is 0.407 e. The standard InChI is InChI=1S/C29H39N3O4S/c1-22-9-7-8-12-25(22)31-15-17-32(18-16-31)37(34,35)21-29-14-13-24(28(29,2)3)19-26(29)30-27(33)36-20-23-10-5-4-6-11-23/h4-12,24,26H,13-21H2,1-3H3,(H,30,33). The van der Waals surface area contributed by atoms with E-state index in [0.29, 0.717) is 32.1 Å². The quantitative estimate of drug-likeness (QED) is 0.573. The molecule has 2 bridgehead atoms.